The van der Waals surface area contributed by atoms with Gasteiger partial charge in [0.15, 0.2) is 0 Å². The summed E-state index contributed by atoms with van der Waals surface area (Å²) in [5, 5.41) is 9.62. The normalized spacial score (nSPS) is 18.6. The Labute approximate surface area is 133 Å². The molecule has 0 spiro atoms. The Morgan fingerprint density at radius 1 is 1.45 bits per heavy atom. The molecular weight excluding hydrogens is 278 g/mol. The van der Waals surface area contributed by atoms with Crippen molar-refractivity contribution in [1.82, 2.24) is 0 Å². The number of carbonyl (C=O) groups is 1. The van der Waals surface area contributed by atoms with Gasteiger partial charge in [0.2, 0.25) is 0 Å². The van der Waals surface area contributed by atoms with Crippen molar-refractivity contribution in [3.8, 4) is 0 Å². The van der Waals surface area contributed by atoms with Crippen LogP contribution in [-0.2, 0) is 16.1 Å². The number of benzene rings is 1. The molecule has 0 saturated carbocycles. The summed E-state index contributed by atoms with van der Waals surface area (Å²) < 4.78 is 5.17. The summed E-state index contributed by atoms with van der Waals surface area (Å²) in [4.78, 5) is 14.2. The van der Waals surface area contributed by atoms with Crippen LogP contribution in [0.1, 0.15) is 50.7 Å². The fourth-order valence-electron chi connectivity index (χ4n) is 3.02. The Balaban J connectivity index is 2.22. The van der Waals surface area contributed by atoms with Crippen molar-refractivity contribution >= 4 is 11.7 Å². The van der Waals surface area contributed by atoms with Crippen molar-refractivity contribution in [2.24, 2.45) is 5.92 Å². The lowest BCUT2D eigenvalue weighted by molar-refractivity contribution is -0.148. The van der Waals surface area contributed by atoms with E-state index in [1.54, 1.807) is 0 Å². The number of esters is 1. The highest BCUT2D eigenvalue weighted by molar-refractivity contribution is 5.74. The molecule has 0 radical (unpaired) electrons. The van der Waals surface area contributed by atoms with E-state index in [9.17, 15) is 9.90 Å². The van der Waals surface area contributed by atoms with Crippen LogP contribution in [-0.4, -0.2) is 30.8 Å². The summed E-state index contributed by atoms with van der Waals surface area (Å²) >= 11 is 0. The molecule has 1 saturated heterocycles. The topological polar surface area (TPSA) is 49.8 Å². The van der Waals surface area contributed by atoms with E-state index in [1.165, 1.54) is 5.56 Å². The number of rotatable bonds is 5. The zero-order valence-corrected chi connectivity index (χ0v) is 13.8. The van der Waals surface area contributed by atoms with Crippen LogP contribution in [0.15, 0.2) is 18.2 Å². The molecule has 22 heavy (non-hydrogen) atoms. The lowest BCUT2D eigenvalue weighted by atomic mass is 9.95. The summed E-state index contributed by atoms with van der Waals surface area (Å²) in [6.45, 7) is 8.21. The third-order valence-electron chi connectivity index (χ3n) is 4.33. The van der Waals surface area contributed by atoms with Gasteiger partial charge in [-0.05, 0) is 37.3 Å². The second-order valence-corrected chi connectivity index (χ2v) is 6.24. The second-order valence-electron chi connectivity index (χ2n) is 6.24. The quantitative estimate of drug-likeness (QED) is 0.849. The third kappa shape index (κ3) is 3.80. The smallest absolute Gasteiger partial charge is 0.310 e. The predicted octanol–water partition coefficient (Wildman–Crippen LogP) is 3.08. The van der Waals surface area contributed by atoms with Gasteiger partial charge in [0, 0.05) is 24.3 Å². The highest BCUT2D eigenvalue weighted by Gasteiger charge is 2.28. The molecule has 1 N–H and O–H groups in total. The number of hydrogen-bond acceptors (Lipinski definition) is 4. The maximum atomic E-state index is 12.0. The van der Waals surface area contributed by atoms with Crippen LogP contribution in [0, 0.1) is 5.92 Å². The predicted molar refractivity (Wildman–Crippen MR) is 88.0 cm³/mol. The zero-order valence-electron chi connectivity index (χ0n) is 13.8. The minimum Gasteiger partial charge on any atom is -0.466 e. The lowest BCUT2D eigenvalue weighted by Crippen LogP contribution is -2.40. The van der Waals surface area contributed by atoms with Gasteiger partial charge in [0.05, 0.1) is 19.1 Å². The van der Waals surface area contributed by atoms with Crippen molar-refractivity contribution in [2.45, 2.75) is 46.1 Å². The number of aliphatic hydroxyl groups is 1. The molecule has 1 heterocycles. The molecule has 0 aromatic heterocycles. The van der Waals surface area contributed by atoms with E-state index in [2.05, 4.69) is 30.9 Å². The maximum Gasteiger partial charge on any atom is 0.310 e. The number of carbonyl (C=O) groups excluding carboxylic acids is 1. The Kier molecular flexibility index (Phi) is 5.83. The van der Waals surface area contributed by atoms with Crippen molar-refractivity contribution < 1.29 is 14.6 Å². The van der Waals surface area contributed by atoms with Gasteiger partial charge in [-0.2, -0.15) is 0 Å². The molecule has 4 heteroatoms. The summed E-state index contributed by atoms with van der Waals surface area (Å²) in [5.41, 5.74) is 3.24. The Morgan fingerprint density at radius 3 is 2.86 bits per heavy atom. The number of ether oxygens (including phenoxy) is 1. The van der Waals surface area contributed by atoms with Crippen molar-refractivity contribution in [1.29, 1.82) is 0 Å². The molecule has 1 aromatic carbocycles. The van der Waals surface area contributed by atoms with Crippen molar-refractivity contribution in [2.75, 3.05) is 24.6 Å². The van der Waals surface area contributed by atoms with Crippen LogP contribution in [0.5, 0.6) is 0 Å². The molecule has 122 valence electrons. The molecule has 2 rings (SSSR count). The van der Waals surface area contributed by atoms with Gasteiger partial charge in [-0.15, -0.1) is 0 Å². The fourth-order valence-corrected chi connectivity index (χ4v) is 3.02. The van der Waals surface area contributed by atoms with Crippen LogP contribution >= 0.6 is 0 Å². The van der Waals surface area contributed by atoms with E-state index in [4.69, 9.17) is 4.74 Å². The molecular formula is C18H27NO3. The van der Waals surface area contributed by atoms with E-state index in [-0.39, 0.29) is 18.5 Å². The van der Waals surface area contributed by atoms with E-state index in [1.807, 2.05) is 13.0 Å². The first-order chi connectivity index (χ1) is 10.6. The lowest BCUT2D eigenvalue weighted by Gasteiger charge is -2.34. The average molecular weight is 305 g/mol. The monoisotopic (exact) mass is 305 g/mol. The van der Waals surface area contributed by atoms with Gasteiger partial charge in [-0.25, -0.2) is 0 Å². The fraction of sp³-hybridized carbons (Fsp3) is 0.611. The molecule has 1 atom stereocenters. The van der Waals surface area contributed by atoms with E-state index < -0.39 is 0 Å². The molecule has 1 aliphatic rings. The highest BCUT2D eigenvalue weighted by Crippen LogP contribution is 2.30. The minimum atomic E-state index is -0.0993. The molecule has 1 aromatic rings. The van der Waals surface area contributed by atoms with Crippen molar-refractivity contribution in [3.63, 3.8) is 0 Å². The maximum absolute atomic E-state index is 12.0. The number of hydrogen-bond donors (Lipinski definition) is 1. The third-order valence-corrected chi connectivity index (χ3v) is 4.33. The van der Waals surface area contributed by atoms with Gasteiger partial charge in [0.25, 0.3) is 0 Å². The molecule has 0 bridgehead atoms. The summed E-state index contributed by atoms with van der Waals surface area (Å²) in [6, 6.07) is 6.23. The highest BCUT2D eigenvalue weighted by atomic mass is 16.5. The first-order valence-electron chi connectivity index (χ1n) is 8.22. The molecule has 1 aliphatic heterocycles. The molecule has 0 aliphatic carbocycles. The van der Waals surface area contributed by atoms with Crippen LogP contribution in [0.4, 0.5) is 5.69 Å². The van der Waals surface area contributed by atoms with Gasteiger partial charge < -0.3 is 14.7 Å². The van der Waals surface area contributed by atoms with Crippen LogP contribution in [0.2, 0.25) is 0 Å². The van der Waals surface area contributed by atoms with Gasteiger partial charge in [-0.3, -0.25) is 4.79 Å². The number of piperidine rings is 1. The number of aliphatic hydroxyl groups excluding tert-OH is 1. The molecule has 0 amide bonds. The van der Waals surface area contributed by atoms with E-state index in [0.717, 1.165) is 30.6 Å². The summed E-state index contributed by atoms with van der Waals surface area (Å²) in [5.74, 6) is 0.276. The Morgan fingerprint density at radius 2 is 2.23 bits per heavy atom. The number of anilines is 1. The Hall–Kier alpha value is -1.55. The summed E-state index contributed by atoms with van der Waals surface area (Å²) in [6.07, 6.45) is 1.86. The zero-order chi connectivity index (χ0) is 16.1. The van der Waals surface area contributed by atoms with Crippen LogP contribution < -0.4 is 4.90 Å². The molecule has 4 nitrogen and oxygen atoms in total. The van der Waals surface area contributed by atoms with E-state index in [0.29, 0.717) is 19.1 Å². The van der Waals surface area contributed by atoms with Gasteiger partial charge in [0.1, 0.15) is 0 Å². The SMILES string of the molecule is CCOC(=O)C1CCCN(c2cc(C(C)C)ccc2CO)C1. The second kappa shape index (κ2) is 7.63. The number of nitrogens with zero attached hydrogens (tertiary/aromatic N) is 1. The average Bonchev–Trinajstić information content (AvgIpc) is 2.54. The van der Waals surface area contributed by atoms with Crippen LogP contribution in [0.3, 0.4) is 0 Å². The standard InChI is InChI=1S/C18H27NO3/c1-4-22-18(21)15-6-5-9-19(11-15)17-10-14(13(2)3)7-8-16(17)12-20/h7-8,10,13,15,20H,4-6,9,11-12H2,1-3H3. The van der Waals surface area contributed by atoms with Crippen LogP contribution in [0.25, 0.3) is 0 Å². The molecule has 1 fully saturated rings. The first-order valence-corrected chi connectivity index (χ1v) is 8.22. The van der Waals surface area contributed by atoms with E-state index >= 15 is 0 Å². The Bertz CT molecular complexity index is 513. The minimum absolute atomic E-state index is 0.0221. The molecule has 1 unspecified atom stereocenters. The summed E-state index contributed by atoms with van der Waals surface area (Å²) in [7, 11) is 0. The van der Waals surface area contributed by atoms with Gasteiger partial charge in [-0.1, -0.05) is 26.0 Å². The first kappa shape index (κ1) is 16.8. The largest absolute Gasteiger partial charge is 0.466 e. The van der Waals surface area contributed by atoms with Gasteiger partial charge >= 0.3 is 5.97 Å². The van der Waals surface area contributed by atoms with Crippen molar-refractivity contribution in [3.05, 3.63) is 29.3 Å².